The van der Waals surface area contributed by atoms with Gasteiger partial charge in [0.2, 0.25) is 0 Å². The highest BCUT2D eigenvalue weighted by molar-refractivity contribution is 9.10. The molecule has 128 valence electrons. The van der Waals surface area contributed by atoms with Gasteiger partial charge in [-0.15, -0.1) is 0 Å². The molecule has 5 heteroatoms. The lowest BCUT2D eigenvalue weighted by Crippen LogP contribution is -2.26. The van der Waals surface area contributed by atoms with E-state index in [-0.39, 0.29) is 12.2 Å². The summed E-state index contributed by atoms with van der Waals surface area (Å²) >= 11 is 3.54. The number of hydrogen-bond donors (Lipinski definition) is 0. The average Bonchev–Trinajstić information content (AvgIpc) is 3.45. The number of benzene rings is 2. The monoisotopic (exact) mass is 392 g/mol. The van der Waals surface area contributed by atoms with Crippen molar-refractivity contribution in [3.63, 3.8) is 0 Å². The molecular formula is C19H21BrO4. The van der Waals surface area contributed by atoms with Crippen LogP contribution in [0.1, 0.15) is 11.1 Å². The number of methoxy groups -OCH3 is 1. The lowest BCUT2D eigenvalue weighted by atomic mass is 10.2. The topological polar surface area (TPSA) is 40.2 Å². The summed E-state index contributed by atoms with van der Waals surface area (Å²) in [6.07, 6.45) is 0.0960. The summed E-state index contributed by atoms with van der Waals surface area (Å²) in [6.45, 7) is 2.34. The van der Waals surface area contributed by atoms with Crippen molar-refractivity contribution >= 4 is 15.9 Å². The van der Waals surface area contributed by atoms with E-state index in [0.717, 1.165) is 28.0 Å². The van der Waals surface area contributed by atoms with E-state index >= 15 is 0 Å². The average molecular weight is 393 g/mol. The second kappa shape index (κ2) is 8.62. The van der Waals surface area contributed by atoms with Crippen molar-refractivity contribution in [1.82, 2.24) is 0 Å². The molecule has 0 unspecified atom stereocenters. The van der Waals surface area contributed by atoms with Gasteiger partial charge in [0, 0.05) is 4.47 Å². The minimum atomic E-state index is -0.0460. The largest absolute Gasteiger partial charge is 0.497 e. The zero-order valence-electron chi connectivity index (χ0n) is 13.6. The van der Waals surface area contributed by atoms with Gasteiger partial charge >= 0.3 is 0 Å². The third-order valence-electron chi connectivity index (χ3n) is 3.89. The van der Waals surface area contributed by atoms with E-state index in [4.69, 9.17) is 18.9 Å². The molecule has 3 rings (SSSR count). The van der Waals surface area contributed by atoms with Gasteiger partial charge < -0.3 is 18.9 Å². The highest BCUT2D eigenvalue weighted by atomic mass is 79.9. The third kappa shape index (κ3) is 5.05. The molecule has 0 radical (unpaired) electrons. The van der Waals surface area contributed by atoms with E-state index in [1.807, 2.05) is 48.5 Å². The lowest BCUT2D eigenvalue weighted by Gasteiger charge is -2.17. The van der Waals surface area contributed by atoms with Crippen LogP contribution in [-0.4, -0.2) is 32.5 Å². The number of rotatable bonds is 9. The van der Waals surface area contributed by atoms with Crippen LogP contribution in [0.4, 0.5) is 0 Å². The van der Waals surface area contributed by atoms with Crippen LogP contribution in [0, 0.1) is 0 Å². The van der Waals surface area contributed by atoms with Crippen molar-refractivity contribution in [2.75, 3.05) is 20.3 Å². The van der Waals surface area contributed by atoms with E-state index in [0.29, 0.717) is 19.8 Å². The van der Waals surface area contributed by atoms with Gasteiger partial charge in [0.15, 0.2) is 0 Å². The number of halogens is 1. The minimum Gasteiger partial charge on any atom is -0.497 e. The van der Waals surface area contributed by atoms with Gasteiger partial charge in [-0.3, -0.25) is 0 Å². The summed E-state index contributed by atoms with van der Waals surface area (Å²) in [6, 6.07) is 15.9. The standard InChI is InChI=1S/C19H21BrO4/c1-21-16-8-6-14(7-9-16)10-22-12-18(19-13-24-19)23-11-15-4-2-3-5-17(15)20/h2-9,18-19H,10-13H2,1H3/t18-,19+/m0/s1. The van der Waals surface area contributed by atoms with E-state index < -0.39 is 0 Å². The van der Waals surface area contributed by atoms with Crippen molar-refractivity contribution in [1.29, 1.82) is 0 Å². The Morgan fingerprint density at radius 2 is 1.88 bits per heavy atom. The molecule has 0 saturated carbocycles. The molecule has 0 amide bonds. The van der Waals surface area contributed by atoms with Crippen LogP contribution in [0.25, 0.3) is 0 Å². The molecule has 0 spiro atoms. The maximum atomic E-state index is 6.01. The highest BCUT2D eigenvalue weighted by Crippen LogP contribution is 2.22. The molecule has 2 aromatic rings. The summed E-state index contributed by atoms with van der Waals surface area (Å²) < 4.78 is 23.4. The molecule has 0 N–H and O–H groups in total. The van der Waals surface area contributed by atoms with Crippen LogP contribution in [-0.2, 0) is 27.4 Å². The molecule has 24 heavy (non-hydrogen) atoms. The first kappa shape index (κ1) is 17.4. The van der Waals surface area contributed by atoms with Gasteiger partial charge in [-0.1, -0.05) is 46.3 Å². The zero-order valence-corrected chi connectivity index (χ0v) is 15.2. The molecule has 4 nitrogen and oxygen atoms in total. The molecule has 1 fully saturated rings. The van der Waals surface area contributed by atoms with Gasteiger partial charge in [0.1, 0.15) is 18.0 Å². The fraction of sp³-hybridized carbons (Fsp3) is 0.368. The maximum Gasteiger partial charge on any atom is 0.118 e. The van der Waals surface area contributed by atoms with Crippen molar-refractivity contribution in [2.24, 2.45) is 0 Å². The van der Waals surface area contributed by atoms with Crippen LogP contribution >= 0.6 is 15.9 Å². The first-order valence-electron chi connectivity index (χ1n) is 7.93. The van der Waals surface area contributed by atoms with Crippen LogP contribution in [0.15, 0.2) is 53.0 Å². The van der Waals surface area contributed by atoms with E-state index in [1.165, 1.54) is 0 Å². The Hall–Kier alpha value is -1.40. The molecule has 0 aromatic heterocycles. The van der Waals surface area contributed by atoms with E-state index in [2.05, 4.69) is 15.9 Å². The summed E-state index contributed by atoms with van der Waals surface area (Å²) in [5.41, 5.74) is 2.23. The van der Waals surface area contributed by atoms with Crippen molar-refractivity contribution in [3.8, 4) is 5.75 Å². The van der Waals surface area contributed by atoms with Crippen LogP contribution < -0.4 is 4.74 Å². The predicted octanol–water partition coefficient (Wildman–Crippen LogP) is 3.96. The SMILES string of the molecule is COc1ccc(COC[C@H](OCc2ccccc2Br)[C@H]2CO2)cc1. The van der Waals surface area contributed by atoms with Crippen molar-refractivity contribution < 1.29 is 18.9 Å². The minimum absolute atomic E-state index is 0.0460. The Bertz CT molecular complexity index is 640. The van der Waals surface area contributed by atoms with E-state index in [9.17, 15) is 0 Å². The first-order chi connectivity index (χ1) is 11.8. The Labute approximate surface area is 150 Å². The number of hydrogen-bond acceptors (Lipinski definition) is 4. The third-order valence-corrected chi connectivity index (χ3v) is 4.67. The Morgan fingerprint density at radius 1 is 1.12 bits per heavy atom. The Kier molecular flexibility index (Phi) is 6.26. The summed E-state index contributed by atoms with van der Waals surface area (Å²) in [7, 11) is 1.66. The normalized spacial score (nSPS) is 17.5. The predicted molar refractivity (Wildman–Crippen MR) is 95.1 cm³/mol. The summed E-state index contributed by atoms with van der Waals surface area (Å²) in [5, 5.41) is 0. The Balaban J connectivity index is 1.46. The molecule has 1 saturated heterocycles. The van der Waals surface area contributed by atoms with E-state index in [1.54, 1.807) is 7.11 Å². The Morgan fingerprint density at radius 3 is 2.54 bits per heavy atom. The molecule has 1 aliphatic heterocycles. The first-order valence-corrected chi connectivity index (χ1v) is 8.73. The second-order valence-electron chi connectivity index (χ2n) is 5.68. The van der Waals surface area contributed by atoms with Crippen LogP contribution in [0.5, 0.6) is 5.75 Å². The molecule has 0 bridgehead atoms. The summed E-state index contributed by atoms with van der Waals surface area (Å²) in [4.78, 5) is 0. The maximum absolute atomic E-state index is 6.01. The van der Waals surface area contributed by atoms with Crippen molar-refractivity contribution in [2.45, 2.75) is 25.4 Å². The smallest absolute Gasteiger partial charge is 0.118 e. The fourth-order valence-corrected chi connectivity index (χ4v) is 2.76. The molecule has 0 aliphatic carbocycles. The lowest BCUT2D eigenvalue weighted by molar-refractivity contribution is -0.0419. The summed E-state index contributed by atoms with van der Waals surface area (Å²) in [5.74, 6) is 0.847. The highest BCUT2D eigenvalue weighted by Gasteiger charge is 2.33. The zero-order chi connectivity index (χ0) is 16.8. The van der Waals surface area contributed by atoms with Gasteiger partial charge in [-0.25, -0.2) is 0 Å². The molecule has 2 atom stereocenters. The van der Waals surface area contributed by atoms with Gasteiger partial charge in [-0.05, 0) is 29.3 Å². The van der Waals surface area contributed by atoms with Gasteiger partial charge in [0.05, 0.1) is 33.5 Å². The molecule has 1 aliphatic rings. The van der Waals surface area contributed by atoms with Crippen LogP contribution in [0.3, 0.4) is 0 Å². The number of epoxide rings is 1. The molecule has 1 heterocycles. The number of ether oxygens (including phenoxy) is 4. The van der Waals surface area contributed by atoms with Gasteiger partial charge in [-0.2, -0.15) is 0 Å². The second-order valence-corrected chi connectivity index (χ2v) is 6.53. The molecular weight excluding hydrogens is 372 g/mol. The van der Waals surface area contributed by atoms with Gasteiger partial charge in [0.25, 0.3) is 0 Å². The quantitative estimate of drug-likeness (QED) is 0.605. The van der Waals surface area contributed by atoms with Crippen molar-refractivity contribution in [3.05, 3.63) is 64.1 Å². The molecule has 2 aromatic carbocycles. The fourth-order valence-electron chi connectivity index (χ4n) is 2.36. The van der Waals surface area contributed by atoms with Crippen LogP contribution in [0.2, 0.25) is 0 Å².